The van der Waals surface area contributed by atoms with Gasteiger partial charge in [-0.1, -0.05) is 48.9 Å². The zero-order chi connectivity index (χ0) is 17.6. The van der Waals surface area contributed by atoms with Crippen molar-refractivity contribution in [2.24, 2.45) is 0 Å². The summed E-state index contributed by atoms with van der Waals surface area (Å²) in [7, 11) is 0. The number of carbonyl (C=O) groups excluding carboxylic acids is 1. The quantitative estimate of drug-likeness (QED) is 0.720. The molecular formula is C18H20Cl2N4O. The van der Waals surface area contributed by atoms with Crippen LogP contribution in [0.25, 0.3) is 0 Å². The normalized spacial score (nSPS) is 15.4. The molecule has 0 atom stereocenters. The molecule has 1 aliphatic carbocycles. The van der Waals surface area contributed by atoms with Crippen molar-refractivity contribution in [2.75, 3.05) is 10.6 Å². The Morgan fingerprint density at radius 1 is 0.960 bits per heavy atom. The van der Waals surface area contributed by atoms with Gasteiger partial charge in [0.05, 0.1) is 5.56 Å². The zero-order valence-corrected chi connectivity index (χ0v) is 15.3. The largest absolute Gasteiger partial charge is 0.351 e. The maximum absolute atomic E-state index is 12.3. The van der Waals surface area contributed by atoms with Gasteiger partial charge in [0.15, 0.2) is 0 Å². The Morgan fingerprint density at radius 2 is 1.56 bits per heavy atom. The summed E-state index contributed by atoms with van der Waals surface area (Å²) in [6.45, 7) is 0. The van der Waals surface area contributed by atoms with Crippen LogP contribution in [0.2, 0.25) is 10.0 Å². The number of nitrogens with zero attached hydrogens (tertiary/aromatic N) is 2. The molecule has 2 N–H and O–H groups in total. The monoisotopic (exact) mass is 378 g/mol. The van der Waals surface area contributed by atoms with Crippen molar-refractivity contribution in [3.8, 4) is 0 Å². The molecule has 0 unspecified atom stereocenters. The number of aromatic nitrogens is 2. The molecule has 1 aliphatic rings. The fraction of sp³-hybridized carbons (Fsp3) is 0.389. The first-order chi connectivity index (χ1) is 12.1. The minimum absolute atomic E-state index is 0.306. The number of halogens is 2. The van der Waals surface area contributed by atoms with E-state index in [1.807, 2.05) is 0 Å². The molecule has 0 saturated heterocycles. The third kappa shape index (κ3) is 5.31. The first-order valence-corrected chi connectivity index (χ1v) is 9.22. The Morgan fingerprint density at radius 3 is 2.16 bits per heavy atom. The van der Waals surface area contributed by atoms with Crippen LogP contribution in [0, 0.1) is 0 Å². The van der Waals surface area contributed by atoms with E-state index in [1.165, 1.54) is 38.1 Å². The lowest BCUT2D eigenvalue weighted by Gasteiger charge is -2.15. The highest BCUT2D eigenvalue weighted by molar-refractivity contribution is 6.35. The van der Waals surface area contributed by atoms with E-state index in [0.29, 0.717) is 33.3 Å². The highest BCUT2D eigenvalue weighted by atomic mass is 35.5. The summed E-state index contributed by atoms with van der Waals surface area (Å²) < 4.78 is 0. The van der Waals surface area contributed by atoms with Gasteiger partial charge in [-0.3, -0.25) is 4.79 Å². The summed E-state index contributed by atoms with van der Waals surface area (Å²) >= 11 is 11.9. The van der Waals surface area contributed by atoms with Crippen molar-refractivity contribution in [3.63, 3.8) is 0 Å². The fourth-order valence-corrected chi connectivity index (χ4v) is 3.48. The molecule has 132 valence electrons. The van der Waals surface area contributed by atoms with Crippen LogP contribution in [-0.4, -0.2) is 21.9 Å². The smallest absolute Gasteiger partial charge is 0.258 e. The number of amides is 1. The second-order valence-electron chi connectivity index (χ2n) is 6.24. The lowest BCUT2D eigenvalue weighted by atomic mass is 10.1. The minimum atomic E-state index is -0.306. The standard InChI is InChI=1S/C18H20Cl2N4O/c19-13-7-14(20)9-16(8-13)23-17(25)12-10-21-18(22-11-12)24-15-5-3-1-2-4-6-15/h7-11,15H,1-6H2,(H,23,25)(H,21,22,24). The van der Waals surface area contributed by atoms with Crippen LogP contribution < -0.4 is 10.6 Å². The summed E-state index contributed by atoms with van der Waals surface area (Å²) in [6.07, 6.45) is 10.4. The summed E-state index contributed by atoms with van der Waals surface area (Å²) in [6, 6.07) is 5.29. The highest BCUT2D eigenvalue weighted by Gasteiger charge is 2.14. The number of rotatable bonds is 4. The predicted molar refractivity (Wildman–Crippen MR) is 102 cm³/mol. The molecule has 2 aromatic rings. The van der Waals surface area contributed by atoms with Gasteiger partial charge in [0.25, 0.3) is 5.91 Å². The van der Waals surface area contributed by atoms with E-state index in [0.717, 1.165) is 12.8 Å². The molecule has 0 spiro atoms. The van der Waals surface area contributed by atoms with E-state index >= 15 is 0 Å². The molecule has 1 aromatic carbocycles. The molecule has 1 saturated carbocycles. The molecule has 1 amide bonds. The summed E-state index contributed by atoms with van der Waals surface area (Å²) in [5, 5.41) is 7.02. The molecule has 1 fully saturated rings. The van der Waals surface area contributed by atoms with Crippen molar-refractivity contribution in [2.45, 2.75) is 44.6 Å². The van der Waals surface area contributed by atoms with Gasteiger partial charge in [0, 0.05) is 34.2 Å². The van der Waals surface area contributed by atoms with Crippen LogP contribution in [0.1, 0.15) is 48.9 Å². The molecule has 1 aromatic heterocycles. The van der Waals surface area contributed by atoms with E-state index < -0.39 is 0 Å². The van der Waals surface area contributed by atoms with Gasteiger partial charge in [-0.05, 0) is 31.0 Å². The van der Waals surface area contributed by atoms with Gasteiger partial charge in [-0.25, -0.2) is 9.97 Å². The average Bonchev–Trinajstić information content (AvgIpc) is 2.83. The van der Waals surface area contributed by atoms with E-state index in [-0.39, 0.29) is 5.91 Å². The topological polar surface area (TPSA) is 66.9 Å². The molecule has 0 aliphatic heterocycles. The van der Waals surface area contributed by atoms with Gasteiger partial charge in [0.1, 0.15) is 0 Å². The fourth-order valence-electron chi connectivity index (χ4n) is 2.96. The third-order valence-electron chi connectivity index (χ3n) is 4.22. The Hall–Kier alpha value is -1.85. The molecule has 25 heavy (non-hydrogen) atoms. The van der Waals surface area contributed by atoms with E-state index in [1.54, 1.807) is 18.2 Å². The van der Waals surface area contributed by atoms with E-state index in [4.69, 9.17) is 23.2 Å². The predicted octanol–water partition coefficient (Wildman–Crippen LogP) is 5.17. The molecule has 5 nitrogen and oxygen atoms in total. The van der Waals surface area contributed by atoms with Gasteiger partial charge < -0.3 is 10.6 Å². The van der Waals surface area contributed by atoms with Crippen LogP contribution in [0.4, 0.5) is 11.6 Å². The SMILES string of the molecule is O=C(Nc1cc(Cl)cc(Cl)c1)c1cnc(NC2CCCCCC2)nc1. The van der Waals surface area contributed by atoms with Crippen LogP contribution >= 0.6 is 23.2 Å². The van der Waals surface area contributed by atoms with Crippen molar-refractivity contribution < 1.29 is 4.79 Å². The number of carbonyl (C=O) groups is 1. The molecule has 0 bridgehead atoms. The number of nitrogens with one attached hydrogen (secondary N) is 2. The van der Waals surface area contributed by atoms with Gasteiger partial charge in [-0.2, -0.15) is 0 Å². The second-order valence-corrected chi connectivity index (χ2v) is 7.11. The van der Waals surface area contributed by atoms with E-state index in [2.05, 4.69) is 20.6 Å². The van der Waals surface area contributed by atoms with E-state index in [9.17, 15) is 4.79 Å². The van der Waals surface area contributed by atoms with Gasteiger partial charge in [0.2, 0.25) is 5.95 Å². The summed E-state index contributed by atoms with van der Waals surface area (Å²) in [5.74, 6) is 0.258. The maximum Gasteiger partial charge on any atom is 0.258 e. The van der Waals surface area contributed by atoms with Gasteiger partial charge in [-0.15, -0.1) is 0 Å². The van der Waals surface area contributed by atoms with Crippen molar-refractivity contribution >= 4 is 40.7 Å². The highest BCUT2D eigenvalue weighted by Crippen LogP contribution is 2.23. The van der Waals surface area contributed by atoms with Crippen molar-refractivity contribution in [1.29, 1.82) is 0 Å². The van der Waals surface area contributed by atoms with Crippen LogP contribution in [0.5, 0.6) is 0 Å². The van der Waals surface area contributed by atoms with Crippen LogP contribution in [0.15, 0.2) is 30.6 Å². The summed E-state index contributed by atoms with van der Waals surface area (Å²) in [4.78, 5) is 20.8. The minimum Gasteiger partial charge on any atom is -0.351 e. The second kappa shape index (κ2) is 8.50. The number of hydrogen-bond donors (Lipinski definition) is 2. The Balaban J connectivity index is 1.61. The Labute approximate surface area is 157 Å². The number of hydrogen-bond acceptors (Lipinski definition) is 4. The number of anilines is 2. The Kier molecular flexibility index (Phi) is 6.10. The molecule has 7 heteroatoms. The van der Waals surface area contributed by atoms with Crippen LogP contribution in [-0.2, 0) is 0 Å². The first kappa shape index (κ1) is 18.0. The lowest BCUT2D eigenvalue weighted by Crippen LogP contribution is -2.20. The van der Waals surface area contributed by atoms with Crippen molar-refractivity contribution in [3.05, 3.63) is 46.2 Å². The maximum atomic E-state index is 12.3. The Bertz CT molecular complexity index is 708. The van der Waals surface area contributed by atoms with Crippen molar-refractivity contribution in [1.82, 2.24) is 9.97 Å². The zero-order valence-electron chi connectivity index (χ0n) is 13.8. The third-order valence-corrected chi connectivity index (χ3v) is 4.66. The molecular weight excluding hydrogens is 359 g/mol. The summed E-state index contributed by atoms with van der Waals surface area (Å²) in [5.41, 5.74) is 0.908. The average molecular weight is 379 g/mol. The van der Waals surface area contributed by atoms with Gasteiger partial charge >= 0.3 is 0 Å². The lowest BCUT2D eigenvalue weighted by molar-refractivity contribution is 0.102. The number of benzene rings is 1. The molecule has 0 radical (unpaired) electrons. The molecule has 1 heterocycles. The first-order valence-electron chi connectivity index (χ1n) is 8.46. The van der Waals surface area contributed by atoms with Crippen LogP contribution in [0.3, 0.4) is 0 Å². The molecule has 3 rings (SSSR count).